The number of carbonyl (C=O) groups excluding carboxylic acids is 1. The number of carbonyl (C=O) groups is 1. The van der Waals surface area contributed by atoms with E-state index in [0.29, 0.717) is 23.7 Å². The predicted octanol–water partition coefficient (Wildman–Crippen LogP) is 2.34. The SMILES string of the molecule is COc1cccc(CNC(=O)c2cccc(C)n2)c1OC. The summed E-state index contributed by atoms with van der Waals surface area (Å²) in [6, 6.07) is 10.9. The van der Waals surface area contributed by atoms with Crippen molar-refractivity contribution >= 4 is 5.91 Å². The minimum Gasteiger partial charge on any atom is -0.493 e. The lowest BCUT2D eigenvalue weighted by atomic mass is 10.2. The number of benzene rings is 1. The maximum absolute atomic E-state index is 12.1. The fraction of sp³-hybridized carbons (Fsp3) is 0.250. The molecule has 0 aliphatic rings. The highest BCUT2D eigenvalue weighted by Gasteiger charge is 2.12. The Morgan fingerprint density at radius 1 is 1.14 bits per heavy atom. The first kappa shape index (κ1) is 14.8. The van der Waals surface area contributed by atoms with Gasteiger partial charge < -0.3 is 14.8 Å². The molecule has 0 aliphatic carbocycles. The zero-order valence-corrected chi connectivity index (χ0v) is 12.3. The van der Waals surface area contributed by atoms with Crippen LogP contribution in [0.1, 0.15) is 21.7 Å². The van der Waals surface area contributed by atoms with E-state index >= 15 is 0 Å². The van der Waals surface area contributed by atoms with Crippen molar-refractivity contribution in [2.75, 3.05) is 14.2 Å². The van der Waals surface area contributed by atoms with Gasteiger partial charge in [-0.15, -0.1) is 0 Å². The number of nitrogens with one attached hydrogen (secondary N) is 1. The zero-order chi connectivity index (χ0) is 15.2. The second-order valence-electron chi connectivity index (χ2n) is 4.50. The van der Waals surface area contributed by atoms with Crippen LogP contribution in [0.3, 0.4) is 0 Å². The Kier molecular flexibility index (Phi) is 4.77. The molecule has 0 spiro atoms. The van der Waals surface area contributed by atoms with Crippen LogP contribution in [0.15, 0.2) is 36.4 Å². The molecule has 1 aromatic carbocycles. The van der Waals surface area contributed by atoms with Gasteiger partial charge in [-0.1, -0.05) is 18.2 Å². The third-order valence-corrected chi connectivity index (χ3v) is 3.04. The van der Waals surface area contributed by atoms with Gasteiger partial charge in [0.25, 0.3) is 5.91 Å². The molecule has 0 atom stereocenters. The molecule has 0 saturated carbocycles. The number of pyridine rings is 1. The van der Waals surface area contributed by atoms with E-state index in [1.54, 1.807) is 20.3 Å². The van der Waals surface area contributed by atoms with Gasteiger partial charge in [0.2, 0.25) is 0 Å². The predicted molar refractivity (Wildman–Crippen MR) is 79.7 cm³/mol. The maximum Gasteiger partial charge on any atom is 0.270 e. The molecule has 21 heavy (non-hydrogen) atoms. The number of aromatic nitrogens is 1. The first-order valence-electron chi connectivity index (χ1n) is 6.57. The summed E-state index contributed by atoms with van der Waals surface area (Å²) in [5.41, 5.74) is 2.05. The third-order valence-electron chi connectivity index (χ3n) is 3.04. The highest BCUT2D eigenvalue weighted by molar-refractivity contribution is 5.92. The van der Waals surface area contributed by atoms with E-state index < -0.39 is 0 Å². The van der Waals surface area contributed by atoms with Crippen LogP contribution >= 0.6 is 0 Å². The number of nitrogens with zero attached hydrogens (tertiary/aromatic N) is 1. The Labute approximate surface area is 123 Å². The van der Waals surface area contributed by atoms with Crippen LogP contribution in [-0.4, -0.2) is 25.1 Å². The smallest absolute Gasteiger partial charge is 0.270 e. The van der Waals surface area contributed by atoms with Gasteiger partial charge in [-0.05, 0) is 25.1 Å². The number of ether oxygens (including phenoxy) is 2. The standard InChI is InChI=1S/C16H18N2O3/c1-11-6-4-8-13(18-11)16(19)17-10-12-7-5-9-14(20-2)15(12)21-3/h4-9H,10H2,1-3H3,(H,17,19). The lowest BCUT2D eigenvalue weighted by Gasteiger charge is -2.13. The molecule has 0 bridgehead atoms. The van der Waals surface area contributed by atoms with E-state index in [2.05, 4.69) is 10.3 Å². The van der Waals surface area contributed by atoms with Gasteiger partial charge in [0, 0.05) is 17.8 Å². The average Bonchev–Trinajstić information content (AvgIpc) is 2.51. The van der Waals surface area contributed by atoms with Crippen molar-refractivity contribution in [3.8, 4) is 11.5 Å². The van der Waals surface area contributed by atoms with E-state index in [1.165, 1.54) is 0 Å². The van der Waals surface area contributed by atoms with Crippen molar-refractivity contribution in [2.45, 2.75) is 13.5 Å². The van der Waals surface area contributed by atoms with Gasteiger partial charge in [0.1, 0.15) is 5.69 Å². The van der Waals surface area contributed by atoms with Crippen molar-refractivity contribution in [1.82, 2.24) is 10.3 Å². The minimum atomic E-state index is -0.219. The molecular formula is C16H18N2O3. The molecule has 1 heterocycles. The molecule has 5 nitrogen and oxygen atoms in total. The summed E-state index contributed by atoms with van der Waals surface area (Å²) < 4.78 is 10.6. The van der Waals surface area contributed by atoms with Gasteiger partial charge in [-0.3, -0.25) is 4.79 Å². The number of hydrogen-bond donors (Lipinski definition) is 1. The van der Waals surface area contributed by atoms with Crippen LogP contribution in [0, 0.1) is 6.92 Å². The van der Waals surface area contributed by atoms with Gasteiger partial charge in [0.15, 0.2) is 11.5 Å². The van der Waals surface area contributed by atoms with Crippen molar-refractivity contribution < 1.29 is 14.3 Å². The molecule has 0 saturated heterocycles. The molecule has 0 aliphatic heterocycles. The number of aryl methyl sites for hydroxylation is 1. The summed E-state index contributed by atoms with van der Waals surface area (Å²) in [5.74, 6) is 1.04. The number of methoxy groups -OCH3 is 2. The number of rotatable bonds is 5. The van der Waals surface area contributed by atoms with Crippen molar-refractivity contribution in [2.24, 2.45) is 0 Å². The first-order chi connectivity index (χ1) is 10.2. The van der Waals surface area contributed by atoms with E-state index in [-0.39, 0.29) is 5.91 Å². The molecule has 110 valence electrons. The molecule has 1 N–H and O–H groups in total. The highest BCUT2D eigenvalue weighted by Crippen LogP contribution is 2.30. The van der Waals surface area contributed by atoms with Crippen LogP contribution in [0.25, 0.3) is 0 Å². The van der Waals surface area contributed by atoms with Gasteiger partial charge in [-0.2, -0.15) is 0 Å². The van der Waals surface area contributed by atoms with E-state index in [1.807, 2.05) is 37.3 Å². The van der Waals surface area contributed by atoms with Crippen LogP contribution in [0.4, 0.5) is 0 Å². The van der Waals surface area contributed by atoms with Crippen LogP contribution in [-0.2, 0) is 6.54 Å². The largest absolute Gasteiger partial charge is 0.493 e. The fourth-order valence-corrected chi connectivity index (χ4v) is 2.03. The molecule has 2 aromatic rings. The maximum atomic E-state index is 12.1. The molecule has 0 unspecified atom stereocenters. The molecular weight excluding hydrogens is 268 g/mol. The van der Waals surface area contributed by atoms with Crippen LogP contribution < -0.4 is 14.8 Å². The highest BCUT2D eigenvalue weighted by atomic mass is 16.5. The number of para-hydroxylation sites is 1. The molecule has 0 fully saturated rings. The lowest BCUT2D eigenvalue weighted by Crippen LogP contribution is -2.24. The Balaban J connectivity index is 2.11. The lowest BCUT2D eigenvalue weighted by molar-refractivity contribution is 0.0945. The minimum absolute atomic E-state index is 0.219. The second kappa shape index (κ2) is 6.74. The molecule has 1 amide bonds. The number of hydrogen-bond acceptors (Lipinski definition) is 4. The summed E-state index contributed by atoms with van der Waals surface area (Å²) in [6.07, 6.45) is 0. The summed E-state index contributed by atoms with van der Waals surface area (Å²) in [7, 11) is 3.15. The van der Waals surface area contributed by atoms with Crippen molar-refractivity contribution in [3.05, 3.63) is 53.3 Å². The summed E-state index contributed by atoms with van der Waals surface area (Å²) >= 11 is 0. The summed E-state index contributed by atoms with van der Waals surface area (Å²) in [5, 5.41) is 2.83. The van der Waals surface area contributed by atoms with Crippen LogP contribution in [0.2, 0.25) is 0 Å². The molecule has 2 rings (SSSR count). The third kappa shape index (κ3) is 3.51. The summed E-state index contributed by atoms with van der Waals surface area (Å²) in [6.45, 7) is 2.19. The van der Waals surface area contributed by atoms with Gasteiger partial charge in [0.05, 0.1) is 14.2 Å². The fourth-order valence-electron chi connectivity index (χ4n) is 2.03. The monoisotopic (exact) mass is 286 g/mol. The normalized spacial score (nSPS) is 10.0. The molecule has 0 radical (unpaired) electrons. The van der Waals surface area contributed by atoms with Crippen LogP contribution in [0.5, 0.6) is 11.5 Å². The second-order valence-corrected chi connectivity index (χ2v) is 4.50. The average molecular weight is 286 g/mol. The number of amides is 1. The van der Waals surface area contributed by atoms with Crippen molar-refractivity contribution in [3.63, 3.8) is 0 Å². The topological polar surface area (TPSA) is 60.5 Å². The Morgan fingerprint density at radius 2 is 1.90 bits per heavy atom. The molecule has 5 heteroatoms. The van der Waals surface area contributed by atoms with Gasteiger partial charge >= 0.3 is 0 Å². The Bertz CT molecular complexity index is 641. The van der Waals surface area contributed by atoms with E-state index in [9.17, 15) is 4.79 Å². The quantitative estimate of drug-likeness (QED) is 0.916. The zero-order valence-electron chi connectivity index (χ0n) is 12.3. The van der Waals surface area contributed by atoms with Crippen molar-refractivity contribution in [1.29, 1.82) is 0 Å². The Morgan fingerprint density at radius 3 is 2.57 bits per heavy atom. The van der Waals surface area contributed by atoms with Gasteiger partial charge in [-0.25, -0.2) is 4.98 Å². The molecule has 1 aromatic heterocycles. The summed E-state index contributed by atoms with van der Waals surface area (Å²) in [4.78, 5) is 16.3. The first-order valence-corrected chi connectivity index (χ1v) is 6.57. The Hall–Kier alpha value is -2.56. The van der Waals surface area contributed by atoms with E-state index in [0.717, 1.165) is 11.3 Å². The van der Waals surface area contributed by atoms with E-state index in [4.69, 9.17) is 9.47 Å².